The van der Waals surface area contributed by atoms with Crippen LogP contribution >= 0.6 is 27.3 Å². The molecule has 0 bridgehead atoms. The van der Waals surface area contributed by atoms with Crippen LogP contribution in [0, 0.1) is 0 Å². The summed E-state index contributed by atoms with van der Waals surface area (Å²) in [6.45, 7) is 0.597. The zero-order valence-corrected chi connectivity index (χ0v) is 9.77. The smallest absolute Gasteiger partial charge is 0.236 e. The number of halogens is 1. The molecule has 2 aromatic heterocycles. The van der Waals surface area contributed by atoms with Crippen molar-refractivity contribution in [1.82, 2.24) is 4.98 Å². The van der Waals surface area contributed by atoms with E-state index in [2.05, 4.69) is 20.9 Å². The molecule has 0 aliphatic rings. The van der Waals surface area contributed by atoms with Gasteiger partial charge in [-0.15, -0.1) is 11.3 Å². The van der Waals surface area contributed by atoms with Gasteiger partial charge < -0.3 is 10.2 Å². The summed E-state index contributed by atoms with van der Waals surface area (Å²) in [6.07, 6.45) is 2.42. The molecular weight excluding hydrogens is 264 g/mol. The van der Waals surface area contributed by atoms with E-state index < -0.39 is 0 Å². The van der Waals surface area contributed by atoms with Crippen molar-refractivity contribution in [2.24, 2.45) is 5.73 Å². The van der Waals surface area contributed by atoms with E-state index in [4.69, 9.17) is 10.2 Å². The normalized spacial score (nSPS) is 10.7. The number of hydrogen-bond acceptors (Lipinski definition) is 4. The summed E-state index contributed by atoms with van der Waals surface area (Å²) in [7, 11) is 0. The van der Waals surface area contributed by atoms with Crippen LogP contribution in [0.15, 0.2) is 26.6 Å². The standard InChI is InChI=1S/C9H9BrN2OS/c10-6-3-8(14-5-6)9-12-7(1-2-11)4-13-9/h3-5H,1-2,11H2. The summed E-state index contributed by atoms with van der Waals surface area (Å²) in [5.41, 5.74) is 6.34. The van der Waals surface area contributed by atoms with Crippen molar-refractivity contribution in [3.63, 3.8) is 0 Å². The second kappa shape index (κ2) is 4.25. The van der Waals surface area contributed by atoms with E-state index in [1.807, 2.05) is 11.4 Å². The molecule has 74 valence electrons. The average Bonchev–Trinajstić information content (AvgIpc) is 2.74. The maximum atomic E-state index is 5.43. The van der Waals surface area contributed by atoms with E-state index in [1.165, 1.54) is 0 Å². The molecule has 0 saturated heterocycles. The number of rotatable bonds is 3. The molecule has 0 unspecified atom stereocenters. The molecule has 2 aromatic rings. The third-order valence-electron chi connectivity index (χ3n) is 1.73. The second-order valence-corrected chi connectivity index (χ2v) is 4.64. The number of nitrogens with two attached hydrogens (primary N) is 1. The lowest BCUT2D eigenvalue weighted by Gasteiger charge is -1.87. The Morgan fingerprint density at radius 2 is 2.43 bits per heavy atom. The summed E-state index contributed by atoms with van der Waals surface area (Å²) >= 11 is 4.99. The van der Waals surface area contributed by atoms with Crippen LogP contribution in [-0.2, 0) is 6.42 Å². The molecule has 0 saturated carbocycles. The summed E-state index contributed by atoms with van der Waals surface area (Å²) in [5.74, 6) is 0.671. The highest BCUT2D eigenvalue weighted by molar-refractivity contribution is 9.10. The fourth-order valence-electron chi connectivity index (χ4n) is 1.11. The first kappa shape index (κ1) is 9.89. The fraction of sp³-hybridized carbons (Fsp3) is 0.222. The molecule has 0 aliphatic carbocycles. The maximum Gasteiger partial charge on any atom is 0.236 e. The summed E-state index contributed by atoms with van der Waals surface area (Å²) in [5, 5.41) is 2.00. The molecule has 0 radical (unpaired) electrons. The van der Waals surface area contributed by atoms with Crippen molar-refractivity contribution in [2.45, 2.75) is 6.42 Å². The molecule has 0 aromatic carbocycles. The lowest BCUT2D eigenvalue weighted by atomic mass is 10.3. The summed E-state index contributed by atoms with van der Waals surface area (Å²) < 4.78 is 6.39. The highest BCUT2D eigenvalue weighted by atomic mass is 79.9. The molecule has 5 heteroatoms. The molecule has 0 fully saturated rings. The van der Waals surface area contributed by atoms with Crippen LogP contribution in [0.4, 0.5) is 0 Å². The monoisotopic (exact) mass is 272 g/mol. The number of hydrogen-bond donors (Lipinski definition) is 1. The lowest BCUT2D eigenvalue weighted by Crippen LogP contribution is -2.02. The van der Waals surface area contributed by atoms with Gasteiger partial charge in [-0.3, -0.25) is 0 Å². The number of oxazole rings is 1. The Morgan fingerprint density at radius 3 is 3.07 bits per heavy atom. The molecule has 2 heterocycles. The van der Waals surface area contributed by atoms with Crippen LogP contribution in [0.2, 0.25) is 0 Å². The Bertz CT molecular complexity index is 424. The Labute approximate surface area is 94.1 Å². The fourth-order valence-corrected chi connectivity index (χ4v) is 2.47. The van der Waals surface area contributed by atoms with Gasteiger partial charge in [0.15, 0.2) is 0 Å². The Morgan fingerprint density at radius 1 is 1.57 bits per heavy atom. The molecule has 2 N–H and O–H groups in total. The predicted octanol–water partition coefficient (Wildman–Crippen LogP) is 2.67. The van der Waals surface area contributed by atoms with Crippen LogP contribution in [0.1, 0.15) is 5.69 Å². The third kappa shape index (κ3) is 2.05. The first-order chi connectivity index (χ1) is 6.79. The van der Waals surface area contributed by atoms with E-state index >= 15 is 0 Å². The first-order valence-corrected chi connectivity index (χ1v) is 5.86. The van der Waals surface area contributed by atoms with Crippen LogP contribution in [0.3, 0.4) is 0 Å². The molecule has 0 atom stereocenters. The highest BCUT2D eigenvalue weighted by Gasteiger charge is 2.08. The van der Waals surface area contributed by atoms with E-state index in [0.29, 0.717) is 12.4 Å². The zero-order valence-electron chi connectivity index (χ0n) is 7.37. The van der Waals surface area contributed by atoms with Gasteiger partial charge in [0.25, 0.3) is 0 Å². The van der Waals surface area contributed by atoms with Crippen molar-refractivity contribution >= 4 is 27.3 Å². The van der Waals surface area contributed by atoms with Gasteiger partial charge in [0.05, 0.1) is 10.6 Å². The van der Waals surface area contributed by atoms with E-state index in [1.54, 1.807) is 17.6 Å². The van der Waals surface area contributed by atoms with Gasteiger partial charge in [-0.05, 0) is 28.5 Å². The van der Waals surface area contributed by atoms with Crippen LogP contribution in [-0.4, -0.2) is 11.5 Å². The van der Waals surface area contributed by atoms with E-state index in [0.717, 1.165) is 21.5 Å². The van der Waals surface area contributed by atoms with Gasteiger partial charge in [0.1, 0.15) is 6.26 Å². The second-order valence-electron chi connectivity index (χ2n) is 2.81. The third-order valence-corrected chi connectivity index (χ3v) is 3.41. The molecule has 14 heavy (non-hydrogen) atoms. The van der Waals surface area contributed by atoms with E-state index in [9.17, 15) is 0 Å². The minimum atomic E-state index is 0.597. The van der Waals surface area contributed by atoms with Gasteiger partial charge in [0.2, 0.25) is 5.89 Å². The van der Waals surface area contributed by atoms with Gasteiger partial charge >= 0.3 is 0 Å². The average molecular weight is 273 g/mol. The topological polar surface area (TPSA) is 52.0 Å². The predicted molar refractivity (Wildman–Crippen MR) is 60.3 cm³/mol. The molecule has 0 amide bonds. The van der Waals surface area contributed by atoms with Crippen molar-refractivity contribution in [3.05, 3.63) is 27.9 Å². The minimum absolute atomic E-state index is 0.597. The Hall–Kier alpha value is -0.650. The Balaban J connectivity index is 2.24. The molecular formula is C9H9BrN2OS. The van der Waals surface area contributed by atoms with Crippen LogP contribution < -0.4 is 5.73 Å². The number of aromatic nitrogens is 1. The quantitative estimate of drug-likeness (QED) is 0.935. The molecule has 0 aliphatic heterocycles. The molecule has 3 nitrogen and oxygen atoms in total. The van der Waals surface area contributed by atoms with Gasteiger partial charge in [-0.25, -0.2) is 4.98 Å². The van der Waals surface area contributed by atoms with Crippen molar-refractivity contribution in [3.8, 4) is 10.8 Å². The largest absolute Gasteiger partial charge is 0.444 e. The SMILES string of the molecule is NCCc1coc(-c2cc(Br)cs2)n1. The number of nitrogens with zero attached hydrogens (tertiary/aromatic N) is 1. The van der Waals surface area contributed by atoms with Gasteiger partial charge in [0, 0.05) is 16.3 Å². The zero-order chi connectivity index (χ0) is 9.97. The van der Waals surface area contributed by atoms with Crippen LogP contribution in [0.25, 0.3) is 10.8 Å². The molecule has 2 rings (SSSR count). The van der Waals surface area contributed by atoms with E-state index in [-0.39, 0.29) is 0 Å². The lowest BCUT2D eigenvalue weighted by molar-refractivity contribution is 0.574. The summed E-state index contributed by atoms with van der Waals surface area (Å²) in [6, 6.07) is 1.99. The van der Waals surface area contributed by atoms with Gasteiger partial charge in [-0.2, -0.15) is 0 Å². The minimum Gasteiger partial charge on any atom is -0.444 e. The summed E-state index contributed by atoms with van der Waals surface area (Å²) in [4.78, 5) is 5.35. The van der Waals surface area contributed by atoms with Crippen molar-refractivity contribution < 1.29 is 4.42 Å². The Kier molecular flexibility index (Phi) is 3.00. The molecule has 0 spiro atoms. The van der Waals surface area contributed by atoms with Crippen molar-refractivity contribution in [2.75, 3.05) is 6.54 Å². The number of thiophene rings is 1. The van der Waals surface area contributed by atoms with Crippen LogP contribution in [0.5, 0.6) is 0 Å². The first-order valence-electron chi connectivity index (χ1n) is 4.18. The highest BCUT2D eigenvalue weighted by Crippen LogP contribution is 2.29. The van der Waals surface area contributed by atoms with Gasteiger partial charge in [-0.1, -0.05) is 0 Å². The van der Waals surface area contributed by atoms with Crippen molar-refractivity contribution in [1.29, 1.82) is 0 Å². The maximum absolute atomic E-state index is 5.43.